The number of nitrogens with zero attached hydrogens (tertiary/aromatic N) is 1. The Bertz CT molecular complexity index is 381. The molecule has 1 fully saturated rings. The van der Waals surface area contributed by atoms with Crippen molar-refractivity contribution in [1.82, 2.24) is 10.2 Å². The Morgan fingerprint density at radius 3 is 2.56 bits per heavy atom. The minimum Gasteiger partial charge on any atom is -0.314 e. The summed E-state index contributed by atoms with van der Waals surface area (Å²) in [6, 6.07) is 4.42. The first-order valence-electron chi connectivity index (χ1n) is 6.12. The summed E-state index contributed by atoms with van der Waals surface area (Å²) < 4.78 is 27.0. The van der Waals surface area contributed by atoms with Crippen LogP contribution in [0, 0.1) is 11.6 Å². The molecule has 2 rings (SSSR count). The summed E-state index contributed by atoms with van der Waals surface area (Å²) in [5, 5.41) is 3.26. The molecule has 102 valence electrons. The highest BCUT2D eigenvalue weighted by Crippen LogP contribution is 2.27. The van der Waals surface area contributed by atoms with Crippen LogP contribution in [-0.4, -0.2) is 31.1 Å². The standard InChI is InChI=1S/C13H18F2N2.ClH/c1-2-12(17-8-6-16-7-9-17)10-4-3-5-11(14)13(10)15;/h3-5,12,16H,2,6-9H2,1H3;1H/t12-;/m0./s1. The molecule has 1 aromatic carbocycles. The zero-order chi connectivity index (χ0) is 12.3. The molecule has 2 nitrogen and oxygen atoms in total. The highest BCUT2D eigenvalue weighted by atomic mass is 35.5. The molecule has 1 N–H and O–H groups in total. The van der Waals surface area contributed by atoms with E-state index in [0.29, 0.717) is 5.56 Å². The predicted octanol–water partition coefficient (Wildman–Crippen LogP) is 2.74. The van der Waals surface area contributed by atoms with Crippen LogP contribution in [-0.2, 0) is 0 Å². The summed E-state index contributed by atoms with van der Waals surface area (Å²) >= 11 is 0. The fourth-order valence-electron chi connectivity index (χ4n) is 2.45. The quantitative estimate of drug-likeness (QED) is 0.913. The molecule has 18 heavy (non-hydrogen) atoms. The zero-order valence-electron chi connectivity index (χ0n) is 10.5. The highest BCUT2D eigenvalue weighted by molar-refractivity contribution is 5.85. The summed E-state index contributed by atoms with van der Waals surface area (Å²) in [6.45, 7) is 5.60. The molecule has 0 amide bonds. The van der Waals surface area contributed by atoms with Gasteiger partial charge in [-0.3, -0.25) is 4.90 Å². The van der Waals surface area contributed by atoms with Crippen LogP contribution in [0.4, 0.5) is 8.78 Å². The predicted molar refractivity (Wildman–Crippen MR) is 71.1 cm³/mol. The van der Waals surface area contributed by atoms with Gasteiger partial charge in [-0.15, -0.1) is 12.4 Å². The summed E-state index contributed by atoms with van der Waals surface area (Å²) in [6.07, 6.45) is 0.792. The molecule has 1 aliphatic rings. The molecule has 0 radical (unpaired) electrons. The Morgan fingerprint density at radius 1 is 1.28 bits per heavy atom. The number of hydrogen-bond acceptors (Lipinski definition) is 2. The van der Waals surface area contributed by atoms with E-state index in [4.69, 9.17) is 0 Å². The first-order chi connectivity index (χ1) is 8.24. The van der Waals surface area contributed by atoms with E-state index in [1.165, 1.54) is 6.07 Å². The summed E-state index contributed by atoms with van der Waals surface area (Å²) in [7, 11) is 0. The Labute approximate surface area is 113 Å². The number of halogens is 3. The molecule has 1 saturated heterocycles. The fourth-order valence-corrected chi connectivity index (χ4v) is 2.45. The maximum absolute atomic E-state index is 13.8. The SMILES string of the molecule is CC[C@@H](c1cccc(F)c1F)N1CCNCC1.Cl. The van der Waals surface area contributed by atoms with E-state index in [1.807, 2.05) is 6.92 Å². The number of hydrogen-bond donors (Lipinski definition) is 1. The van der Waals surface area contributed by atoms with Gasteiger partial charge in [-0.05, 0) is 12.5 Å². The molecule has 0 aromatic heterocycles. The molecule has 0 bridgehead atoms. The smallest absolute Gasteiger partial charge is 0.163 e. The molecule has 0 saturated carbocycles. The van der Waals surface area contributed by atoms with Crippen molar-refractivity contribution >= 4 is 12.4 Å². The van der Waals surface area contributed by atoms with Crippen molar-refractivity contribution in [1.29, 1.82) is 0 Å². The average Bonchev–Trinajstić information content (AvgIpc) is 2.37. The normalized spacial score (nSPS) is 18.2. The van der Waals surface area contributed by atoms with Crippen LogP contribution in [0.2, 0.25) is 0 Å². The maximum atomic E-state index is 13.8. The van der Waals surface area contributed by atoms with Gasteiger partial charge in [-0.1, -0.05) is 19.1 Å². The minimum absolute atomic E-state index is 0. The Balaban J connectivity index is 0.00000162. The molecule has 1 heterocycles. The molecular weight excluding hydrogens is 258 g/mol. The molecule has 1 atom stereocenters. The molecular formula is C13H19ClF2N2. The van der Waals surface area contributed by atoms with Gasteiger partial charge in [0.25, 0.3) is 0 Å². The third-order valence-corrected chi connectivity index (χ3v) is 3.32. The second-order valence-corrected chi connectivity index (χ2v) is 4.35. The molecule has 0 spiro atoms. The van der Waals surface area contributed by atoms with Crippen molar-refractivity contribution in [3.8, 4) is 0 Å². The van der Waals surface area contributed by atoms with E-state index in [1.54, 1.807) is 12.1 Å². The Hall–Kier alpha value is -0.710. The van der Waals surface area contributed by atoms with Crippen molar-refractivity contribution in [2.24, 2.45) is 0 Å². The second-order valence-electron chi connectivity index (χ2n) is 4.35. The monoisotopic (exact) mass is 276 g/mol. The lowest BCUT2D eigenvalue weighted by Crippen LogP contribution is -2.45. The second kappa shape index (κ2) is 7.02. The number of rotatable bonds is 3. The van der Waals surface area contributed by atoms with E-state index in [-0.39, 0.29) is 18.4 Å². The molecule has 1 aromatic rings. The molecule has 0 aliphatic carbocycles. The fraction of sp³-hybridized carbons (Fsp3) is 0.538. The van der Waals surface area contributed by atoms with Crippen LogP contribution in [0.3, 0.4) is 0 Å². The Kier molecular flexibility index (Phi) is 5.99. The lowest BCUT2D eigenvalue weighted by atomic mass is 10.0. The third-order valence-electron chi connectivity index (χ3n) is 3.32. The number of nitrogens with one attached hydrogen (secondary N) is 1. The first kappa shape index (κ1) is 15.3. The van der Waals surface area contributed by atoms with E-state index >= 15 is 0 Å². The van der Waals surface area contributed by atoms with Crippen molar-refractivity contribution in [2.45, 2.75) is 19.4 Å². The van der Waals surface area contributed by atoms with Crippen LogP contribution in [0.15, 0.2) is 18.2 Å². The highest BCUT2D eigenvalue weighted by Gasteiger charge is 2.24. The van der Waals surface area contributed by atoms with Crippen molar-refractivity contribution < 1.29 is 8.78 Å². The maximum Gasteiger partial charge on any atom is 0.163 e. The van der Waals surface area contributed by atoms with Crippen molar-refractivity contribution in [3.05, 3.63) is 35.4 Å². The van der Waals surface area contributed by atoms with Gasteiger partial charge < -0.3 is 5.32 Å². The largest absolute Gasteiger partial charge is 0.314 e. The summed E-state index contributed by atoms with van der Waals surface area (Å²) in [5.41, 5.74) is 0.481. The zero-order valence-corrected chi connectivity index (χ0v) is 11.3. The lowest BCUT2D eigenvalue weighted by molar-refractivity contribution is 0.165. The van der Waals surface area contributed by atoms with Crippen molar-refractivity contribution in [3.63, 3.8) is 0 Å². The summed E-state index contributed by atoms with van der Waals surface area (Å²) in [4.78, 5) is 2.22. The van der Waals surface area contributed by atoms with Gasteiger partial charge in [0.2, 0.25) is 0 Å². The van der Waals surface area contributed by atoms with E-state index < -0.39 is 11.6 Å². The van der Waals surface area contributed by atoms with Gasteiger partial charge in [0.05, 0.1) is 0 Å². The van der Waals surface area contributed by atoms with Gasteiger partial charge in [0.1, 0.15) is 0 Å². The lowest BCUT2D eigenvalue weighted by Gasteiger charge is -2.34. The van der Waals surface area contributed by atoms with Gasteiger partial charge in [0, 0.05) is 37.8 Å². The van der Waals surface area contributed by atoms with Crippen LogP contribution in [0.25, 0.3) is 0 Å². The topological polar surface area (TPSA) is 15.3 Å². The third kappa shape index (κ3) is 3.19. The average molecular weight is 277 g/mol. The van der Waals surface area contributed by atoms with Crippen molar-refractivity contribution in [2.75, 3.05) is 26.2 Å². The molecule has 1 aliphatic heterocycles. The van der Waals surface area contributed by atoms with Gasteiger partial charge in [0.15, 0.2) is 11.6 Å². The summed E-state index contributed by atoms with van der Waals surface area (Å²) in [5.74, 6) is -1.45. The molecule has 5 heteroatoms. The van der Waals surface area contributed by atoms with Gasteiger partial charge >= 0.3 is 0 Å². The van der Waals surface area contributed by atoms with E-state index in [9.17, 15) is 8.78 Å². The van der Waals surface area contributed by atoms with Crippen LogP contribution in [0.1, 0.15) is 24.9 Å². The van der Waals surface area contributed by atoms with Gasteiger partial charge in [-0.25, -0.2) is 8.78 Å². The number of piperazine rings is 1. The van der Waals surface area contributed by atoms with Crippen LogP contribution < -0.4 is 5.32 Å². The molecule has 0 unspecified atom stereocenters. The minimum atomic E-state index is -0.754. The first-order valence-corrected chi connectivity index (χ1v) is 6.12. The van der Waals surface area contributed by atoms with E-state index in [2.05, 4.69) is 10.2 Å². The van der Waals surface area contributed by atoms with E-state index in [0.717, 1.165) is 32.6 Å². The van der Waals surface area contributed by atoms with Crippen LogP contribution in [0.5, 0.6) is 0 Å². The number of benzene rings is 1. The van der Waals surface area contributed by atoms with Crippen LogP contribution >= 0.6 is 12.4 Å². The van der Waals surface area contributed by atoms with Gasteiger partial charge in [-0.2, -0.15) is 0 Å². The Morgan fingerprint density at radius 2 is 1.94 bits per heavy atom.